The third-order valence-corrected chi connectivity index (χ3v) is 5.44. The van der Waals surface area contributed by atoms with E-state index in [-0.39, 0.29) is 12.4 Å². The summed E-state index contributed by atoms with van der Waals surface area (Å²) in [4.78, 5) is 5.56. The van der Waals surface area contributed by atoms with Gasteiger partial charge in [-0.05, 0) is 64.2 Å². The molecule has 0 aromatic rings. The lowest BCUT2D eigenvalue weighted by Crippen LogP contribution is -2.39. The summed E-state index contributed by atoms with van der Waals surface area (Å²) >= 11 is 0. The van der Waals surface area contributed by atoms with Gasteiger partial charge in [0, 0.05) is 25.7 Å². The minimum Gasteiger partial charge on any atom is -0.317 e. The summed E-state index contributed by atoms with van der Waals surface area (Å²) in [5.41, 5.74) is 0. The van der Waals surface area contributed by atoms with Crippen molar-refractivity contribution < 1.29 is 0 Å². The van der Waals surface area contributed by atoms with Crippen LogP contribution in [-0.2, 0) is 0 Å². The van der Waals surface area contributed by atoms with E-state index in [4.69, 9.17) is 0 Å². The van der Waals surface area contributed by atoms with Crippen LogP contribution < -0.4 is 5.32 Å². The lowest BCUT2D eigenvalue weighted by Gasteiger charge is -2.30. The van der Waals surface area contributed by atoms with Crippen LogP contribution in [0.4, 0.5) is 0 Å². The van der Waals surface area contributed by atoms with Crippen LogP contribution in [0.15, 0.2) is 0 Å². The molecule has 2 aliphatic heterocycles. The predicted molar refractivity (Wildman–Crippen MR) is 87.7 cm³/mol. The van der Waals surface area contributed by atoms with Gasteiger partial charge in [0.1, 0.15) is 0 Å². The molecular formula is C16H32ClN3. The molecule has 20 heavy (non-hydrogen) atoms. The van der Waals surface area contributed by atoms with Crippen molar-refractivity contribution in [3.63, 3.8) is 0 Å². The Morgan fingerprint density at radius 1 is 0.800 bits per heavy atom. The predicted octanol–water partition coefficient (Wildman–Crippen LogP) is 2.36. The Morgan fingerprint density at radius 3 is 2.30 bits per heavy atom. The van der Waals surface area contributed by atoms with E-state index in [9.17, 15) is 0 Å². The van der Waals surface area contributed by atoms with Crippen LogP contribution >= 0.6 is 12.4 Å². The molecule has 118 valence electrons. The molecule has 0 bridgehead atoms. The molecule has 0 amide bonds. The van der Waals surface area contributed by atoms with Gasteiger partial charge in [-0.25, -0.2) is 0 Å². The van der Waals surface area contributed by atoms with Crippen LogP contribution in [0.25, 0.3) is 0 Å². The van der Waals surface area contributed by atoms with Gasteiger partial charge < -0.3 is 10.2 Å². The zero-order chi connectivity index (χ0) is 12.9. The van der Waals surface area contributed by atoms with Crippen LogP contribution in [0, 0.1) is 5.92 Å². The highest BCUT2D eigenvalue weighted by molar-refractivity contribution is 5.85. The molecular weight excluding hydrogens is 270 g/mol. The van der Waals surface area contributed by atoms with Gasteiger partial charge >= 0.3 is 0 Å². The smallest absolute Gasteiger partial charge is 0.0112 e. The lowest BCUT2D eigenvalue weighted by atomic mass is 9.97. The summed E-state index contributed by atoms with van der Waals surface area (Å²) in [6.45, 7) is 9.19. The highest BCUT2D eigenvalue weighted by Gasteiger charge is 2.25. The minimum absolute atomic E-state index is 0. The highest BCUT2D eigenvalue weighted by atomic mass is 35.5. The number of rotatable bonds is 3. The second-order valence-corrected chi connectivity index (χ2v) is 6.82. The number of nitrogens with zero attached hydrogens (tertiary/aromatic N) is 2. The normalized spacial score (nSPS) is 28.2. The van der Waals surface area contributed by atoms with Gasteiger partial charge in [-0.2, -0.15) is 0 Å². The van der Waals surface area contributed by atoms with Crippen molar-refractivity contribution in [2.24, 2.45) is 5.92 Å². The van der Waals surface area contributed by atoms with E-state index >= 15 is 0 Å². The maximum absolute atomic E-state index is 3.48. The average molecular weight is 302 g/mol. The van der Waals surface area contributed by atoms with E-state index in [1.807, 2.05) is 0 Å². The zero-order valence-corrected chi connectivity index (χ0v) is 13.7. The van der Waals surface area contributed by atoms with Crippen LogP contribution in [0.2, 0.25) is 0 Å². The number of halogens is 1. The zero-order valence-electron chi connectivity index (χ0n) is 12.9. The summed E-state index contributed by atoms with van der Waals surface area (Å²) in [5, 5.41) is 3.48. The molecule has 0 atom stereocenters. The molecule has 0 spiro atoms. The minimum atomic E-state index is 0. The molecule has 3 nitrogen and oxygen atoms in total. The van der Waals surface area contributed by atoms with E-state index in [1.165, 1.54) is 90.8 Å². The van der Waals surface area contributed by atoms with Gasteiger partial charge in [-0.3, -0.25) is 4.90 Å². The lowest BCUT2D eigenvalue weighted by molar-refractivity contribution is 0.184. The third kappa shape index (κ3) is 4.59. The monoisotopic (exact) mass is 301 g/mol. The number of nitrogens with one attached hydrogen (secondary N) is 1. The second kappa shape index (κ2) is 8.57. The first kappa shape index (κ1) is 16.5. The van der Waals surface area contributed by atoms with Crippen LogP contribution in [0.5, 0.6) is 0 Å². The van der Waals surface area contributed by atoms with Crippen molar-refractivity contribution in [1.29, 1.82) is 0 Å². The molecule has 0 aromatic heterocycles. The van der Waals surface area contributed by atoms with E-state index in [1.54, 1.807) is 0 Å². The largest absolute Gasteiger partial charge is 0.317 e. The fourth-order valence-electron chi connectivity index (χ4n) is 4.24. The van der Waals surface area contributed by atoms with Crippen molar-refractivity contribution in [1.82, 2.24) is 15.1 Å². The van der Waals surface area contributed by atoms with Crippen molar-refractivity contribution in [2.45, 2.75) is 51.0 Å². The maximum Gasteiger partial charge on any atom is 0.0112 e. The van der Waals surface area contributed by atoms with Gasteiger partial charge in [0.25, 0.3) is 0 Å². The molecule has 0 aromatic carbocycles. The van der Waals surface area contributed by atoms with Gasteiger partial charge in [-0.15, -0.1) is 12.4 Å². The Labute approximate surface area is 130 Å². The van der Waals surface area contributed by atoms with E-state index in [2.05, 4.69) is 15.1 Å². The van der Waals surface area contributed by atoms with Gasteiger partial charge in [0.15, 0.2) is 0 Å². The molecule has 0 radical (unpaired) electrons. The molecule has 3 aliphatic rings. The highest BCUT2D eigenvalue weighted by Crippen LogP contribution is 2.24. The topological polar surface area (TPSA) is 18.5 Å². The molecule has 1 aliphatic carbocycles. The molecule has 1 N–H and O–H groups in total. The van der Waals surface area contributed by atoms with Crippen molar-refractivity contribution >= 4 is 12.4 Å². The number of hydrogen-bond acceptors (Lipinski definition) is 3. The standard InChI is InChI=1S/C16H31N3.ClH/c1-2-5-16(4-1)19-11-3-10-18(12-13-19)14-15-6-8-17-9-7-15;/h15-17H,1-14H2;1H. The number of piperidine rings is 1. The third-order valence-electron chi connectivity index (χ3n) is 5.44. The molecule has 2 heterocycles. The summed E-state index contributed by atoms with van der Waals surface area (Å²) in [5.74, 6) is 0.958. The Balaban J connectivity index is 0.00000147. The van der Waals surface area contributed by atoms with Crippen LogP contribution in [-0.4, -0.2) is 61.7 Å². The van der Waals surface area contributed by atoms with Crippen molar-refractivity contribution in [3.05, 3.63) is 0 Å². The number of hydrogen-bond donors (Lipinski definition) is 1. The van der Waals surface area contributed by atoms with Crippen molar-refractivity contribution in [2.75, 3.05) is 45.8 Å². The first-order valence-corrected chi connectivity index (χ1v) is 8.59. The fraction of sp³-hybridized carbons (Fsp3) is 1.00. The summed E-state index contributed by atoms with van der Waals surface area (Å²) < 4.78 is 0. The Morgan fingerprint density at radius 2 is 1.55 bits per heavy atom. The molecule has 1 saturated carbocycles. The molecule has 2 saturated heterocycles. The summed E-state index contributed by atoms with van der Waals surface area (Å²) in [6.07, 6.45) is 10.1. The van der Waals surface area contributed by atoms with E-state index in [0.29, 0.717) is 0 Å². The SMILES string of the molecule is C1CCC(N2CCCN(CC3CCNCC3)CC2)C1.Cl. The second-order valence-electron chi connectivity index (χ2n) is 6.82. The molecule has 3 rings (SSSR count). The Kier molecular flexibility index (Phi) is 7.09. The van der Waals surface area contributed by atoms with E-state index < -0.39 is 0 Å². The fourth-order valence-corrected chi connectivity index (χ4v) is 4.24. The Bertz CT molecular complexity index is 262. The first-order valence-electron chi connectivity index (χ1n) is 8.59. The quantitative estimate of drug-likeness (QED) is 0.863. The van der Waals surface area contributed by atoms with Crippen molar-refractivity contribution in [3.8, 4) is 0 Å². The summed E-state index contributed by atoms with van der Waals surface area (Å²) in [7, 11) is 0. The average Bonchev–Trinajstić information content (AvgIpc) is 2.88. The van der Waals surface area contributed by atoms with E-state index in [0.717, 1.165) is 12.0 Å². The Hall–Kier alpha value is 0.170. The molecule has 3 fully saturated rings. The van der Waals surface area contributed by atoms with Gasteiger partial charge in [0.05, 0.1) is 0 Å². The van der Waals surface area contributed by atoms with Crippen LogP contribution in [0.1, 0.15) is 44.9 Å². The first-order chi connectivity index (χ1) is 9.42. The van der Waals surface area contributed by atoms with Gasteiger partial charge in [-0.1, -0.05) is 12.8 Å². The van der Waals surface area contributed by atoms with Crippen LogP contribution in [0.3, 0.4) is 0 Å². The summed E-state index contributed by atoms with van der Waals surface area (Å²) in [6, 6.07) is 0.929. The van der Waals surface area contributed by atoms with Gasteiger partial charge in [0.2, 0.25) is 0 Å². The maximum atomic E-state index is 3.48. The molecule has 0 unspecified atom stereocenters. The molecule has 4 heteroatoms.